The van der Waals surface area contributed by atoms with E-state index < -0.39 is 17.3 Å². The zero-order valence-electron chi connectivity index (χ0n) is 12.4. The number of pyridine rings is 1. The van der Waals surface area contributed by atoms with E-state index in [2.05, 4.69) is 10.3 Å². The van der Waals surface area contributed by atoms with E-state index in [1.54, 1.807) is 31.3 Å². The van der Waals surface area contributed by atoms with Gasteiger partial charge in [-0.2, -0.15) is 11.3 Å². The maximum atomic E-state index is 13.7. The second-order valence-electron chi connectivity index (χ2n) is 5.50. The molecule has 23 heavy (non-hydrogen) atoms. The highest BCUT2D eigenvalue weighted by Gasteiger charge is 2.25. The molecular weight excluding hydrogens is 315 g/mol. The highest BCUT2D eigenvalue weighted by atomic mass is 32.1. The van der Waals surface area contributed by atoms with Crippen molar-refractivity contribution in [3.05, 3.63) is 64.2 Å². The van der Waals surface area contributed by atoms with Crippen molar-refractivity contribution in [3.63, 3.8) is 0 Å². The number of fused-ring (bicyclic) bond motifs is 1. The number of carbonyl (C=O) groups excluding carboxylic acids is 1. The molecule has 0 aliphatic rings. The fourth-order valence-electron chi connectivity index (χ4n) is 2.35. The maximum absolute atomic E-state index is 13.7. The van der Waals surface area contributed by atoms with Crippen molar-refractivity contribution < 1.29 is 14.3 Å². The van der Waals surface area contributed by atoms with Crippen LogP contribution >= 0.6 is 11.3 Å². The van der Waals surface area contributed by atoms with Crippen LogP contribution in [-0.4, -0.2) is 22.5 Å². The smallest absolute Gasteiger partial charge is 0.253 e. The minimum absolute atomic E-state index is 0.0212. The molecule has 0 saturated carbocycles. The van der Waals surface area contributed by atoms with Gasteiger partial charge in [0.2, 0.25) is 0 Å². The molecule has 118 valence electrons. The third-order valence-electron chi connectivity index (χ3n) is 3.65. The number of benzene rings is 1. The molecule has 1 amide bonds. The van der Waals surface area contributed by atoms with Gasteiger partial charge in [0.1, 0.15) is 11.4 Å². The highest BCUT2D eigenvalue weighted by Crippen LogP contribution is 2.23. The number of amides is 1. The van der Waals surface area contributed by atoms with Gasteiger partial charge in [-0.1, -0.05) is 6.07 Å². The van der Waals surface area contributed by atoms with Crippen molar-refractivity contribution in [1.82, 2.24) is 10.3 Å². The molecule has 1 aromatic carbocycles. The topological polar surface area (TPSA) is 62.2 Å². The minimum atomic E-state index is -1.19. The van der Waals surface area contributed by atoms with Crippen LogP contribution in [0.4, 0.5) is 4.39 Å². The number of aromatic nitrogens is 1. The number of nitrogens with one attached hydrogen (secondary N) is 1. The van der Waals surface area contributed by atoms with Crippen LogP contribution in [0.25, 0.3) is 10.9 Å². The molecule has 0 radical (unpaired) electrons. The number of thiophene rings is 1. The molecule has 3 aromatic rings. The zero-order chi connectivity index (χ0) is 16.4. The van der Waals surface area contributed by atoms with Crippen LogP contribution in [-0.2, 0) is 5.60 Å². The van der Waals surface area contributed by atoms with Crippen molar-refractivity contribution in [2.75, 3.05) is 6.54 Å². The Bertz CT molecular complexity index is 847. The molecule has 0 aliphatic heterocycles. The summed E-state index contributed by atoms with van der Waals surface area (Å²) in [4.78, 5) is 16.6. The lowest BCUT2D eigenvalue weighted by atomic mass is 9.99. The molecule has 2 heterocycles. The monoisotopic (exact) mass is 330 g/mol. The maximum Gasteiger partial charge on any atom is 0.253 e. The number of nitrogens with zero attached hydrogens (tertiary/aromatic N) is 1. The van der Waals surface area contributed by atoms with E-state index in [-0.39, 0.29) is 12.1 Å². The van der Waals surface area contributed by atoms with Crippen LogP contribution in [0.15, 0.2) is 47.3 Å². The predicted molar refractivity (Wildman–Crippen MR) is 87.9 cm³/mol. The van der Waals surface area contributed by atoms with Gasteiger partial charge >= 0.3 is 0 Å². The van der Waals surface area contributed by atoms with Crippen molar-refractivity contribution in [3.8, 4) is 0 Å². The number of hydrogen-bond donors (Lipinski definition) is 2. The summed E-state index contributed by atoms with van der Waals surface area (Å²) >= 11 is 1.47. The third kappa shape index (κ3) is 3.23. The Hall–Kier alpha value is -2.31. The fourth-order valence-corrected chi connectivity index (χ4v) is 3.13. The Morgan fingerprint density at radius 1 is 1.43 bits per heavy atom. The van der Waals surface area contributed by atoms with Crippen molar-refractivity contribution >= 4 is 28.1 Å². The van der Waals surface area contributed by atoms with E-state index in [0.717, 1.165) is 11.6 Å². The van der Waals surface area contributed by atoms with Crippen molar-refractivity contribution in [2.24, 2.45) is 0 Å². The van der Waals surface area contributed by atoms with Gasteiger partial charge in [-0.3, -0.25) is 9.78 Å². The summed E-state index contributed by atoms with van der Waals surface area (Å²) < 4.78 is 13.7. The zero-order valence-corrected chi connectivity index (χ0v) is 13.2. The van der Waals surface area contributed by atoms with Crippen molar-refractivity contribution in [1.29, 1.82) is 0 Å². The van der Waals surface area contributed by atoms with Gasteiger partial charge in [0.05, 0.1) is 17.6 Å². The first-order valence-electron chi connectivity index (χ1n) is 7.05. The summed E-state index contributed by atoms with van der Waals surface area (Å²) in [5.41, 5.74) is 0.125. The molecular formula is C17H15FN2O2S. The molecule has 0 fully saturated rings. The number of halogens is 1. The number of aliphatic hydroxyl groups is 1. The standard InChI is InChI=1S/C17H15FN2O2S/c1-17(22,12-4-6-23-9-12)10-20-16(21)14-8-13(18)7-11-3-2-5-19-15(11)14/h2-9,22H,10H2,1H3,(H,20,21). The first-order valence-corrected chi connectivity index (χ1v) is 7.99. The van der Waals surface area contributed by atoms with Gasteiger partial charge in [0.15, 0.2) is 0 Å². The lowest BCUT2D eigenvalue weighted by molar-refractivity contribution is 0.0530. The van der Waals surface area contributed by atoms with Crippen LogP contribution in [0.3, 0.4) is 0 Å². The van der Waals surface area contributed by atoms with Gasteiger partial charge in [0, 0.05) is 11.6 Å². The van der Waals surface area contributed by atoms with Crippen LogP contribution in [0, 0.1) is 5.82 Å². The minimum Gasteiger partial charge on any atom is -0.384 e. The molecule has 4 nitrogen and oxygen atoms in total. The molecule has 2 aromatic heterocycles. The molecule has 3 rings (SSSR count). The summed E-state index contributed by atoms with van der Waals surface area (Å²) in [5, 5.41) is 17.3. The van der Waals surface area contributed by atoms with Crippen LogP contribution in [0.2, 0.25) is 0 Å². The fraction of sp³-hybridized carbons (Fsp3) is 0.176. The normalized spacial score (nSPS) is 13.7. The first-order chi connectivity index (χ1) is 11.0. The number of rotatable bonds is 4. The largest absolute Gasteiger partial charge is 0.384 e. The number of carbonyl (C=O) groups is 1. The molecule has 0 aliphatic carbocycles. The van der Waals surface area contributed by atoms with E-state index in [9.17, 15) is 14.3 Å². The van der Waals surface area contributed by atoms with E-state index in [1.807, 2.05) is 10.8 Å². The average molecular weight is 330 g/mol. The summed E-state index contributed by atoms with van der Waals surface area (Å²) in [5.74, 6) is -0.969. The van der Waals surface area contributed by atoms with Crippen LogP contribution in [0.1, 0.15) is 22.8 Å². The van der Waals surface area contributed by atoms with Gasteiger partial charge in [-0.15, -0.1) is 0 Å². The first kappa shape index (κ1) is 15.6. The Balaban J connectivity index is 1.84. The second kappa shape index (κ2) is 6.06. The van der Waals surface area contributed by atoms with E-state index >= 15 is 0 Å². The number of hydrogen-bond acceptors (Lipinski definition) is 4. The summed E-state index contributed by atoms with van der Waals surface area (Å²) in [6, 6.07) is 7.68. The Kier molecular flexibility index (Phi) is 4.11. The Labute approximate surface area is 136 Å². The average Bonchev–Trinajstić information content (AvgIpc) is 3.07. The van der Waals surface area contributed by atoms with Crippen LogP contribution in [0.5, 0.6) is 0 Å². The quantitative estimate of drug-likeness (QED) is 0.773. The van der Waals surface area contributed by atoms with Crippen LogP contribution < -0.4 is 5.32 Å². The second-order valence-corrected chi connectivity index (χ2v) is 6.28. The summed E-state index contributed by atoms with van der Waals surface area (Å²) in [7, 11) is 0. The van der Waals surface area contributed by atoms with E-state index in [0.29, 0.717) is 10.9 Å². The summed E-state index contributed by atoms with van der Waals surface area (Å²) in [6.07, 6.45) is 1.55. The highest BCUT2D eigenvalue weighted by molar-refractivity contribution is 7.08. The molecule has 2 N–H and O–H groups in total. The van der Waals surface area contributed by atoms with Gasteiger partial charge in [0.25, 0.3) is 5.91 Å². The SMILES string of the molecule is CC(O)(CNC(=O)c1cc(F)cc2cccnc12)c1ccsc1. The van der Waals surface area contributed by atoms with E-state index in [1.165, 1.54) is 17.4 Å². The van der Waals surface area contributed by atoms with Crippen molar-refractivity contribution in [2.45, 2.75) is 12.5 Å². The lowest BCUT2D eigenvalue weighted by Crippen LogP contribution is -2.38. The molecule has 1 atom stereocenters. The molecule has 0 spiro atoms. The predicted octanol–water partition coefficient (Wildman–Crippen LogP) is 3.07. The summed E-state index contributed by atoms with van der Waals surface area (Å²) in [6.45, 7) is 1.64. The van der Waals surface area contributed by atoms with E-state index in [4.69, 9.17) is 0 Å². The Morgan fingerprint density at radius 2 is 2.26 bits per heavy atom. The lowest BCUT2D eigenvalue weighted by Gasteiger charge is -2.23. The van der Waals surface area contributed by atoms with Gasteiger partial charge in [-0.25, -0.2) is 4.39 Å². The molecule has 6 heteroatoms. The molecule has 0 bridgehead atoms. The van der Waals surface area contributed by atoms with Gasteiger partial charge < -0.3 is 10.4 Å². The molecule has 0 saturated heterocycles. The third-order valence-corrected chi connectivity index (χ3v) is 4.33. The molecule has 1 unspecified atom stereocenters. The van der Waals surface area contributed by atoms with Gasteiger partial charge in [-0.05, 0) is 47.5 Å². The Morgan fingerprint density at radius 3 is 3.00 bits per heavy atom.